The van der Waals surface area contributed by atoms with E-state index < -0.39 is 5.91 Å². The van der Waals surface area contributed by atoms with Crippen LogP contribution in [0, 0.1) is 11.8 Å². The lowest BCUT2D eigenvalue weighted by atomic mass is 10.1. The Labute approximate surface area is 232 Å². The number of pyridine rings is 2. The van der Waals surface area contributed by atoms with Gasteiger partial charge in [-0.05, 0) is 87.3 Å². The van der Waals surface area contributed by atoms with E-state index in [1.54, 1.807) is 80.0 Å². The third kappa shape index (κ3) is 6.73. The number of benzene rings is 2. The molecule has 2 aromatic carbocycles. The maximum Gasteiger partial charge on any atom is 0.300 e. The van der Waals surface area contributed by atoms with E-state index in [-0.39, 0.29) is 5.91 Å². The van der Waals surface area contributed by atoms with Crippen LogP contribution in [0.3, 0.4) is 0 Å². The zero-order chi connectivity index (χ0) is 27.7. The Kier molecular flexibility index (Phi) is 8.49. The molecule has 0 aliphatic carbocycles. The third-order valence-corrected chi connectivity index (χ3v) is 6.40. The molecule has 9 heteroatoms. The fourth-order valence-corrected chi connectivity index (χ4v) is 4.44. The molecule has 202 valence electrons. The van der Waals surface area contributed by atoms with Gasteiger partial charge in [0.1, 0.15) is 29.7 Å². The molecular weight excluding hydrogens is 506 g/mol. The Hall–Kier alpha value is -4.94. The van der Waals surface area contributed by atoms with Crippen molar-refractivity contribution >= 4 is 34.2 Å². The number of carbonyl (C=O) groups excluding carboxylic acids is 2. The van der Waals surface area contributed by atoms with Crippen LogP contribution in [0.5, 0.6) is 17.2 Å². The number of rotatable bonds is 9. The van der Waals surface area contributed by atoms with Crippen LogP contribution in [0.2, 0.25) is 0 Å². The Morgan fingerprint density at radius 1 is 0.950 bits per heavy atom. The minimum Gasteiger partial charge on any atom is -0.490 e. The largest absolute Gasteiger partial charge is 0.490 e. The van der Waals surface area contributed by atoms with Crippen LogP contribution in [0.4, 0.5) is 11.5 Å². The predicted molar refractivity (Wildman–Crippen MR) is 154 cm³/mol. The summed E-state index contributed by atoms with van der Waals surface area (Å²) in [6.07, 6.45) is 5.69. The number of nitrogens with one attached hydrogen (secondary N) is 2. The first-order chi connectivity index (χ1) is 19.6. The normalized spacial score (nSPS) is 12.8. The number of likely N-dealkylation sites (tertiary alicyclic amines) is 1. The molecule has 0 saturated carbocycles. The van der Waals surface area contributed by atoms with Gasteiger partial charge in [-0.2, -0.15) is 0 Å². The monoisotopic (exact) mass is 535 g/mol. The summed E-state index contributed by atoms with van der Waals surface area (Å²) in [5, 5.41) is 6.28. The Balaban J connectivity index is 1.35. The summed E-state index contributed by atoms with van der Waals surface area (Å²) in [6.45, 7) is 5.07. The highest BCUT2D eigenvalue weighted by Crippen LogP contribution is 2.36. The summed E-state index contributed by atoms with van der Waals surface area (Å²) in [5.41, 5.74) is 1.61. The molecule has 3 heterocycles. The van der Waals surface area contributed by atoms with Crippen molar-refractivity contribution in [2.75, 3.05) is 36.9 Å². The molecule has 40 heavy (non-hydrogen) atoms. The number of carbonyl (C=O) groups is 2. The van der Waals surface area contributed by atoms with Gasteiger partial charge < -0.3 is 20.1 Å². The highest BCUT2D eigenvalue weighted by molar-refractivity contribution is 6.06. The number of nitrogens with zero attached hydrogens (tertiary/aromatic N) is 3. The SMILES string of the molecule is CC#CC(=O)Nc1cc2c(Oc3ccc(C(=O)Nc4ccccn4)cc3)ccnc2cc1OCCN1CCCC1. The van der Waals surface area contributed by atoms with Gasteiger partial charge in [-0.25, -0.2) is 4.98 Å². The van der Waals surface area contributed by atoms with Crippen molar-refractivity contribution < 1.29 is 19.1 Å². The molecule has 1 saturated heterocycles. The van der Waals surface area contributed by atoms with Crippen molar-refractivity contribution in [3.8, 4) is 29.1 Å². The van der Waals surface area contributed by atoms with Crippen molar-refractivity contribution in [2.45, 2.75) is 19.8 Å². The summed E-state index contributed by atoms with van der Waals surface area (Å²) in [7, 11) is 0. The summed E-state index contributed by atoms with van der Waals surface area (Å²) in [6, 6.07) is 17.4. The molecule has 0 unspecified atom stereocenters. The number of ether oxygens (including phenoxy) is 2. The highest BCUT2D eigenvalue weighted by Gasteiger charge is 2.16. The van der Waals surface area contributed by atoms with Crippen LogP contribution in [-0.2, 0) is 4.79 Å². The quantitative estimate of drug-likeness (QED) is 0.287. The lowest BCUT2D eigenvalue weighted by Gasteiger charge is -2.17. The molecule has 0 atom stereocenters. The molecule has 1 aliphatic heterocycles. The fraction of sp³-hybridized carbons (Fsp3) is 0.226. The molecule has 1 aliphatic rings. The minimum atomic E-state index is -0.433. The van der Waals surface area contributed by atoms with Crippen LogP contribution in [0.15, 0.2) is 73.1 Å². The zero-order valence-electron chi connectivity index (χ0n) is 22.1. The molecule has 2 amide bonds. The Morgan fingerprint density at radius 3 is 2.52 bits per heavy atom. The second-order valence-electron chi connectivity index (χ2n) is 9.20. The van der Waals surface area contributed by atoms with Crippen molar-refractivity contribution in [2.24, 2.45) is 0 Å². The molecule has 9 nitrogen and oxygen atoms in total. The number of anilines is 2. The van der Waals surface area contributed by atoms with Crippen molar-refractivity contribution in [1.29, 1.82) is 0 Å². The van der Waals surface area contributed by atoms with E-state index in [1.807, 2.05) is 0 Å². The van der Waals surface area contributed by atoms with Gasteiger partial charge in [-0.15, -0.1) is 0 Å². The van der Waals surface area contributed by atoms with E-state index >= 15 is 0 Å². The lowest BCUT2D eigenvalue weighted by molar-refractivity contribution is -0.111. The first-order valence-electron chi connectivity index (χ1n) is 13.1. The number of aromatic nitrogens is 2. The van der Waals surface area contributed by atoms with E-state index in [0.29, 0.717) is 51.8 Å². The standard InChI is InChI=1S/C31H29N5O4/c1-2-7-30(37)34-26-20-24-25(21-28(26)39-19-18-36-16-5-6-17-36)32-15-13-27(24)40-23-11-9-22(10-12-23)31(38)35-29-8-3-4-14-33-29/h3-4,8-15,20-21H,5-6,16-19H2,1H3,(H,34,37)(H,33,35,38). The maximum absolute atomic E-state index is 12.6. The molecule has 5 rings (SSSR count). The van der Waals surface area contributed by atoms with Crippen LogP contribution >= 0.6 is 0 Å². The molecule has 1 fully saturated rings. The zero-order valence-corrected chi connectivity index (χ0v) is 22.1. The second kappa shape index (κ2) is 12.7. The van der Waals surface area contributed by atoms with E-state index in [4.69, 9.17) is 9.47 Å². The Morgan fingerprint density at radius 2 is 1.77 bits per heavy atom. The first kappa shape index (κ1) is 26.7. The molecular formula is C31H29N5O4. The molecule has 2 aromatic heterocycles. The lowest BCUT2D eigenvalue weighted by Crippen LogP contribution is -2.25. The van der Waals surface area contributed by atoms with Gasteiger partial charge >= 0.3 is 0 Å². The predicted octanol–water partition coefficient (Wildman–Crippen LogP) is 5.11. The topological polar surface area (TPSA) is 106 Å². The number of amides is 2. The van der Waals surface area contributed by atoms with Gasteiger partial charge in [-0.3, -0.25) is 19.5 Å². The van der Waals surface area contributed by atoms with Crippen LogP contribution in [0.25, 0.3) is 10.9 Å². The fourth-order valence-electron chi connectivity index (χ4n) is 4.44. The third-order valence-electron chi connectivity index (χ3n) is 6.40. The van der Waals surface area contributed by atoms with E-state index in [1.165, 1.54) is 12.8 Å². The van der Waals surface area contributed by atoms with Crippen LogP contribution in [-0.4, -0.2) is 52.9 Å². The van der Waals surface area contributed by atoms with Gasteiger partial charge in [0.05, 0.1) is 11.2 Å². The van der Waals surface area contributed by atoms with E-state index in [9.17, 15) is 9.59 Å². The average molecular weight is 536 g/mol. The van der Waals surface area contributed by atoms with Gasteiger partial charge in [0, 0.05) is 36.0 Å². The van der Waals surface area contributed by atoms with Crippen LogP contribution in [0.1, 0.15) is 30.1 Å². The van der Waals surface area contributed by atoms with Crippen molar-refractivity contribution in [3.63, 3.8) is 0 Å². The summed E-state index contributed by atoms with van der Waals surface area (Å²) >= 11 is 0. The number of hydrogen-bond acceptors (Lipinski definition) is 7. The molecule has 4 aromatic rings. The smallest absolute Gasteiger partial charge is 0.300 e. The van der Waals surface area contributed by atoms with E-state index in [2.05, 4.69) is 37.3 Å². The van der Waals surface area contributed by atoms with Gasteiger partial charge in [-0.1, -0.05) is 12.0 Å². The van der Waals surface area contributed by atoms with E-state index in [0.717, 1.165) is 19.6 Å². The highest BCUT2D eigenvalue weighted by atomic mass is 16.5. The number of hydrogen-bond donors (Lipinski definition) is 2. The maximum atomic E-state index is 12.6. The second-order valence-corrected chi connectivity index (χ2v) is 9.20. The van der Waals surface area contributed by atoms with Gasteiger partial charge in [0.25, 0.3) is 11.8 Å². The summed E-state index contributed by atoms with van der Waals surface area (Å²) in [5.74, 6) is 6.49. The molecule has 2 N–H and O–H groups in total. The average Bonchev–Trinajstić information content (AvgIpc) is 3.48. The first-order valence-corrected chi connectivity index (χ1v) is 13.1. The van der Waals surface area contributed by atoms with Crippen LogP contribution < -0.4 is 20.1 Å². The Bertz CT molecular complexity index is 1560. The number of fused-ring (bicyclic) bond motifs is 1. The molecule has 0 radical (unpaired) electrons. The summed E-state index contributed by atoms with van der Waals surface area (Å²) < 4.78 is 12.3. The minimum absolute atomic E-state index is 0.271. The molecule has 0 bridgehead atoms. The van der Waals surface area contributed by atoms with Gasteiger partial charge in [0.15, 0.2) is 0 Å². The van der Waals surface area contributed by atoms with Crippen molar-refractivity contribution in [1.82, 2.24) is 14.9 Å². The summed E-state index contributed by atoms with van der Waals surface area (Å²) in [4.78, 5) is 35.9. The van der Waals surface area contributed by atoms with Gasteiger partial charge in [0.2, 0.25) is 0 Å². The van der Waals surface area contributed by atoms with Crippen molar-refractivity contribution in [3.05, 3.63) is 78.6 Å². The molecule has 0 spiro atoms.